The summed E-state index contributed by atoms with van der Waals surface area (Å²) in [4.78, 5) is 11.9. The number of carbonyl (C=O) groups is 1. The molecule has 0 amide bonds. The van der Waals surface area contributed by atoms with Gasteiger partial charge < -0.3 is 10.1 Å². The van der Waals surface area contributed by atoms with Crippen LogP contribution in [0.15, 0.2) is 42.5 Å². The number of ether oxygens (including phenoxy) is 1. The summed E-state index contributed by atoms with van der Waals surface area (Å²) in [6, 6.07) is 11.3. The molecule has 2 rings (SSSR count). The Labute approximate surface area is 159 Å². The molecule has 1 aliphatic rings. The van der Waals surface area contributed by atoms with Crippen molar-refractivity contribution in [3.63, 3.8) is 0 Å². The molecule has 144 valence electrons. The SMILES string of the molecule is C[C@@H]1CC[C@@H](/C=C/C(=O)CCCCCCCCOCc2ccccc2)N1. The van der Waals surface area contributed by atoms with Crippen molar-refractivity contribution in [2.24, 2.45) is 0 Å². The summed E-state index contributed by atoms with van der Waals surface area (Å²) in [6.07, 6.45) is 13.9. The van der Waals surface area contributed by atoms with Crippen molar-refractivity contribution in [3.05, 3.63) is 48.0 Å². The van der Waals surface area contributed by atoms with Crippen LogP contribution in [-0.4, -0.2) is 24.5 Å². The van der Waals surface area contributed by atoms with Gasteiger partial charge in [0.05, 0.1) is 6.61 Å². The third-order valence-corrected chi connectivity index (χ3v) is 5.00. The fourth-order valence-electron chi connectivity index (χ4n) is 3.39. The largest absolute Gasteiger partial charge is 0.377 e. The molecular weight excluding hydrogens is 322 g/mol. The van der Waals surface area contributed by atoms with Crippen LogP contribution < -0.4 is 5.32 Å². The Morgan fingerprint density at radius 3 is 2.54 bits per heavy atom. The fraction of sp³-hybridized carbons (Fsp3) is 0.609. The second-order valence-electron chi connectivity index (χ2n) is 7.49. The first kappa shape index (κ1) is 20.9. The maximum atomic E-state index is 11.9. The average Bonchev–Trinajstić information content (AvgIpc) is 3.07. The molecule has 0 bridgehead atoms. The highest BCUT2D eigenvalue weighted by molar-refractivity contribution is 5.89. The van der Waals surface area contributed by atoms with Gasteiger partial charge in [0, 0.05) is 25.1 Å². The van der Waals surface area contributed by atoms with Gasteiger partial charge in [-0.2, -0.15) is 0 Å². The lowest BCUT2D eigenvalue weighted by Gasteiger charge is -2.05. The van der Waals surface area contributed by atoms with Gasteiger partial charge in [-0.05, 0) is 44.2 Å². The first-order valence-corrected chi connectivity index (χ1v) is 10.3. The monoisotopic (exact) mass is 357 g/mol. The van der Waals surface area contributed by atoms with E-state index in [-0.39, 0.29) is 5.78 Å². The summed E-state index contributed by atoms with van der Waals surface area (Å²) in [5.74, 6) is 0.278. The predicted octanol–water partition coefficient (Wildman–Crippen LogP) is 5.20. The van der Waals surface area contributed by atoms with Crippen LogP contribution in [0.3, 0.4) is 0 Å². The van der Waals surface area contributed by atoms with E-state index in [1.807, 2.05) is 18.2 Å². The molecule has 3 heteroatoms. The number of benzene rings is 1. The first-order valence-electron chi connectivity index (χ1n) is 10.3. The molecule has 1 aromatic rings. The van der Waals surface area contributed by atoms with Gasteiger partial charge >= 0.3 is 0 Å². The van der Waals surface area contributed by atoms with Crippen LogP contribution in [0.1, 0.15) is 70.3 Å². The Morgan fingerprint density at radius 2 is 1.81 bits per heavy atom. The van der Waals surface area contributed by atoms with E-state index in [1.165, 1.54) is 31.2 Å². The Hall–Kier alpha value is -1.45. The van der Waals surface area contributed by atoms with Gasteiger partial charge in [0.15, 0.2) is 5.78 Å². The molecule has 1 heterocycles. The third kappa shape index (κ3) is 9.30. The molecule has 1 N–H and O–H groups in total. The van der Waals surface area contributed by atoms with Gasteiger partial charge in [0.2, 0.25) is 0 Å². The molecule has 26 heavy (non-hydrogen) atoms. The van der Waals surface area contributed by atoms with Crippen molar-refractivity contribution in [2.45, 2.75) is 83.4 Å². The van der Waals surface area contributed by atoms with E-state index in [9.17, 15) is 4.79 Å². The minimum atomic E-state index is 0.278. The third-order valence-electron chi connectivity index (χ3n) is 5.00. The van der Waals surface area contributed by atoms with E-state index in [2.05, 4.69) is 30.4 Å². The molecule has 0 unspecified atom stereocenters. The maximum Gasteiger partial charge on any atom is 0.155 e. The Balaban J connectivity index is 1.36. The lowest BCUT2D eigenvalue weighted by atomic mass is 10.1. The number of ketones is 1. The van der Waals surface area contributed by atoms with Gasteiger partial charge in [-0.1, -0.05) is 62.1 Å². The summed E-state index contributed by atoms with van der Waals surface area (Å²) in [7, 11) is 0. The highest BCUT2D eigenvalue weighted by Crippen LogP contribution is 2.13. The van der Waals surface area contributed by atoms with Crippen molar-refractivity contribution in [3.8, 4) is 0 Å². The minimum Gasteiger partial charge on any atom is -0.377 e. The standard InChI is InChI=1S/C23H35NO2/c1-20-14-15-22(24-20)16-17-23(25)13-9-4-2-3-5-10-18-26-19-21-11-7-6-8-12-21/h6-8,11-12,16-17,20,22,24H,2-5,9-10,13-15,18-19H2,1H3/b17-16+/t20-,22+/m1/s1. The zero-order chi connectivity index (χ0) is 18.5. The molecule has 1 aliphatic heterocycles. The zero-order valence-electron chi connectivity index (χ0n) is 16.3. The summed E-state index contributed by atoms with van der Waals surface area (Å²) < 4.78 is 5.70. The number of hydrogen-bond acceptors (Lipinski definition) is 3. The van der Waals surface area contributed by atoms with Crippen molar-refractivity contribution >= 4 is 5.78 Å². The van der Waals surface area contributed by atoms with Gasteiger partial charge in [-0.25, -0.2) is 0 Å². The number of hydrogen-bond donors (Lipinski definition) is 1. The Bertz CT molecular complexity index is 526. The second-order valence-corrected chi connectivity index (χ2v) is 7.49. The normalized spacial score (nSPS) is 20.0. The van der Waals surface area contributed by atoms with Gasteiger partial charge in [-0.3, -0.25) is 4.79 Å². The van der Waals surface area contributed by atoms with Crippen LogP contribution in [0.2, 0.25) is 0 Å². The minimum absolute atomic E-state index is 0.278. The van der Waals surface area contributed by atoms with E-state index < -0.39 is 0 Å². The lowest BCUT2D eigenvalue weighted by Crippen LogP contribution is -2.25. The van der Waals surface area contributed by atoms with Crippen LogP contribution in [0.25, 0.3) is 0 Å². The molecule has 1 aromatic carbocycles. The van der Waals surface area contributed by atoms with E-state index in [0.717, 1.165) is 32.3 Å². The quantitative estimate of drug-likeness (QED) is 0.389. The number of allylic oxidation sites excluding steroid dienone is 1. The van der Waals surface area contributed by atoms with Gasteiger partial charge in [0.25, 0.3) is 0 Å². The number of nitrogens with one attached hydrogen (secondary N) is 1. The van der Waals surface area contributed by atoms with Crippen LogP contribution in [0, 0.1) is 0 Å². The van der Waals surface area contributed by atoms with E-state index >= 15 is 0 Å². The molecule has 0 radical (unpaired) electrons. The summed E-state index contributed by atoms with van der Waals surface area (Å²) >= 11 is 0. The smallest absolute Gasteiger partial charge is 0.155 e. The predicted molar refractivity (Wildman–Crippen MR) is 108 cm³/mol. The Morgan fingerprint density at radius 1 is 1.08 bits per heavy atom. The second kappa shape index (κ2) is 12.8. The van der Waals surface area contributed by atoms with E-state index in [0.29, 0.717) is 25.1 Å². The number of carbonyl (C=O) groups excluding carboxylic acids is 1. The van der Waals surface area contributed by atoms with E-state index in [4.69, 9.17) is 4.74 Å². The molecule has 0 saturated carbocycles. The van der Waals surface area contributed by atoms with Crippen LogP contribution in [0.4, 0.5) is 0 Å². The summed E-state index contributed by atoms with van der Waals surface area (Å²) in [5.41, 5.74) is 1.24. The molecule has 0 spiro atoms. The summed E-state index contributed by atoms with van der Waals surface area (Å²) in [5, 5.41) is 3.47. The van der Waals surface area contributed by atoms with Crippen molar-refractivity contribution in [2.75, 3.05) is 6.61 Å². The van der Waals surface area contributed by atoms with Gasteiger partial charge in [-0.15, -0.1) is 0 Å². The molecule has 2 atom stereocenters. The molecule has 0 aromatic heterocycles. The van der Waals surface area contributed by atoms with Crippen LogP contribution in [-0.2, 0) is 16.1 Å². The highest BCUT2D eigenvalue weighted by Gasteiger charge is 2.17. The zero-order valence-corrected chi connectivity index (χ0v) is 16.3. The van der Waals surface area contributed by atoms with E-state index in [1.54, 1.807) is 6.08 Å². The maximum absolute atomic E-state index is 11.9. The molecular formula is C23H35NO2. The molecule has 1 fully saturated rings. The molecule has 1 saturated heterocycles. The topological polar surface area (TPSA) is 38.3 Å². The average molecular weight is 358 g/mol. The fourth-order valence-corrected chi connectivity index (χ4v) is 3.39. The van der Waals surface area contributed by atoms with Crippen LogP contribution >= 0.6 is 0 Å². The number of unbranched alkanes of at least 4 members (excludes halogenated alkanes) is 5. The van der Waals surface area contributed by atoms with Crippen molar-refractivity contribution in [1.82, 2.24) is 5.32 Å². The van der Waals surface area contributed by atoms with Crippen LogP contribution in [0.5, 0.6) is 0 Å². The molecule has 0 aliphatic carbocycles. The number of rotatable bonds is 13. The molecule has 3 nitrogen and oxygen atoms in total. The first-order chi connectivity index (χ1) is 12.7. The van der Waals surface area contributed by atoms with Crippen molar-refractivity contribution < 1.29 is 9.53 Å². The highest BCUT2D eigenvalue weighted by atomic mass is 16.5. The summed E-state index contributed by atoms with van der Waals surface area (Å²) in [6.45, 7) is 3.75. The van der Waals surface area contributed by atoms with Gasteiger partial charge in [0.1, 0.15) is 0 Å². The Kier molecular flexibility index (Phi) is 10.3. The van der Waals surface area contributed by atoms with Crippen molar-refractivity contribution in [1.29, 1.82) is 0 Å². The lowest BCUT2D eigenvalue weighted by molar-refractivity contribution is -0.114.